The number of aromatic nitrogens is 4. The summed E-state index contributed by atoms with van der Waals surface area (Å²) in [5, 5.41) is 10.4. The second-order valence-electron chi connectivity index (χ2n) is 2.88. The average molecular weight is 221 g/mol. The predicted octanol–water partition coefficient (Wildman–Crippen LogP) is 1.53. The summed E-state index contributed by atoms with van der Waals surface area (Å²) in [6.07, 6.45) is 3.36. The molecule has 0 saturated carbocycles. The van der Waals surface area contributed by atoms with Gasteiger partial charge in [-0.3, -0.25) is 5.10 Å². The van der Waals surface area contributed by atoms with Crippen molar-refractivity contribution in [3.63, 3.8) is 0 Å². The topological polar surface area (TPSA) is 66.5 Å². The molecule has 0 spiro atoms. The average Bonchev–Trinajstić information content (AvgIpc) is 2.80. The number of nitrogens with zero attached hydrogens (tertiary/aromatic N) is 3. The molecule has 0 bridgehead atoms. The molecule has 2 rings (SSSR count). The minimum atomic E-state index is 0.827. The van der Waals surface area contributed by atoms with E-state index in [4.69, 9.17) is 0 Å². The molecule has 0 unspecified atom stereocenters. The molecule has 2 heterocycles. The highest BCUT2D eigenvalue weighted by atomic mass is 32.2. The number of aromatic amines is 1. The van der Waals surface area contributed by atoms with Crippen LogP contribution in [-0.2, 0) is 5.75 Å². The molecule has 0 aliphatic carbocycles. The Morgan fingerprint density at radius 2 is 2.33 bits per heavy atom. The number of thioether (sulfide) groups is 1. The van der Waals surface area contributed by atoms with Crippen molar-refractivity contribution in [3.8, 4) is 0 Å². The summed E-state index contributed by atoms with van der Waals surface area (Å²) >= 11 is 1.60. The Morgan fingerprint density at radius 3 is 2.93 bits per heavy atom. The number of H-pyrrole nitrogens is 1. The van der Waals surface area contributed by atoms with E-state index in [2.05, 4.69) is 25.5 Å². The fraction of sp³-hybridized carbons (Fsp3) is 0.222. The highest BCUT2D eigenvalue weighted by Crippen LogP contribution is 2.18. The van der Waals surface area contributed by atoms with Crippen LogP contribution >= 0.6 is 11.8 Å². The van der Waals surface area contributed by atoms with E-state index >= 15 is 0 Å². The second-order valence-corrected chi connectivity index (χ2v) is 3.85. The number of nitrogens with one attached hydrogen (secondary N) is 2. The molecule has 2 aromatic heterocycles. The molecule has 0 aliphatic rings. The van der Waals surface area contributed by atoms with Crippen LogP contribution in [0.4, 0.5) is 5.82 Å². The Balaban J connectivity index is 1.93. The Hall–Kier alpha value is -1.56. The monoisotopic (exact) mass is 221 g/mol. The van der Waals surface area contributed by atoms with Gasteiger partial charge in [-0.25, -0.2) is 9.97 Å². The Labute approximate surface area is 91.7 Å². The Bertz CT molecular complexity index is 397. The summed E-state index contributed by atoms with van der Waals surface area (Å²) in [7, 11) is 1.85. The Kier molecular flexibility index (Phi) is 3.18. The molecule has 0 atom stereocenters. The third-order valence-corrected chi connectivity index (χ3v) is 2.80. The molecule has 0 saturated heterocycles. The third kappa shape index (κ3) is 2.69. The highest BCUT2D eigenvalue weighted by Gasteiger charge is 1.98. The van der Waals surface area contributed by atoms with Gasteiger partial charge in [0, 0.05) is 19.0 Å². The van der Waals surface area contributed by atoms with Crippen molar-refractivity contribution in [2.75, 3.05) is 12.4 Å². The van der Waals surface area contributed by atoms with Gasteiger partial charge in [0.2, 0.25) is 0 Å². The van der Waals surface area contributed by atoms with Crippen LogP contribution in [0.2, 0.25) is 0 Å². The van der Waals surface area contributed by atoms with Gasteiger partial charge in [-0.1, -0.05) is 17.8 Å². The number of pyridine rings is 1. The van der Waals surface area contributed by atoms with Crippen molar-refractivity contribution in [1.82, 2.24) is 20.2 Å². The van der Waals surface area contributed by atoms with E-state index < -0.39 is 0 Å². The van der Waals surface area contributed by atoms with Crippen LogP contribution in [0.3, 0.4) is 0 Å². The van der Waals surface area contributed by atoms with Crippen LogP contribution in [0.1, 0.15) is 5.56 Å². The van der Waals surface area contributed by atoms with E-state index in [1.165, 1.54) is 6.33 Å². The van der Waals surface area contributed by atoms with E-state index in [0.29, 0.717) is 0 Å². The van der Waals surface area contributed by atoms with E-state index in [1.54, 1.807) is 11.8 Å². The van der Waals surface area contributed by atoms with Crippen LogP contribution in [0.5, 0.6) is 0 Å². The summed E-state index contributed by atoms with van der Waals surface area (Å²) in [6.45, 7) is 0. The quantitative estimate of drug-likeness (QED) is 0.766. The van der Waals surface area contributed by atoms with Crippen molar-refractivity contribution in [2.24, 2.45) is 0 Å². The van der Waals surface area contributed by atoms with Crippen LogP contribution in [0, 0.1) is 0 Å². The van der Waals surface area contributed by atoms with Gasteiger partial charge in [-0.2, -0.15) is 5.10 Å². The van der Waals surface area contributed by atoms with Gasteiger partial charge in [0.1, 0.15) is 12.1 Å². The molecule has 0 radical (unpaired) electrons. The molecule has 5 nitrogen and oxygen atoms in total. The number of anilines is 1. The van der Waals surface area contributed by atoms with E-state index in [9.17, 15) is 0 Å². The lowest BCUT2D eigenvalue weighted by molar-refractivity contribution is 0.972. The first-order valence-electron chi connectivity index (χ1n) is 4.49. The van der Waals surface area contributed by atoms with Crippen LogP contribution < -0.4 is 5.32 Å². The summed E-state index contributed by atoms with van der Waals surface area (Å²) in [6, 6.07) is 4.00. The van der Waals surface area contributed by atoms with Crippen molar-refractivity contribution in [3.05, 3.63) is 30.2 Å². The lowest BCUT2D eigenvalue weighted by atomic mass is 10.3. The number of hydrogen-bond donors (Lipinski definition) is 2. The van der Waals surface area contributed by atoms with Gasteiger partial charge in [-0.05, 0) is 11.6 Å². The molecule has 0 fully saturated rings. The molecule has 2 N–H and O–H groups in total. The summed E-state index contributed by atoms with van der Waals surface area (Å²) in [5.74, 6) is 1.72. The maximum atomic E-state index is 4.23. The Morgan fingerprint density at radius 1 is 1.40 bits per heavy atom. The smallest absolute Gasteiger partial charge is 0.183 e. The molecule has 0 aromatic carbocycles. The first kappa shape index (κ1) is 9.97. The van der Waals surface area contributed by atoms with E-state index in [0.717, 1.165) is 22.3 Å². The molecule has 15 heavy (non-hydrogen) atoms. The van der Waals surface area contributed by atoms with E-state index in [1.807, 2.05) is 25.4 Å². The summed E-state index contributed by atoms with van der Waals surface area (Å²) < 4.78 is 0. The van der Waals surface area contributed by atoms with Crippen molar-refractivity contribution >= 4 is 17.6 Å². The maximum Gasteiger partial charge on any atom is 0.183 e. The van der Waals surface area contributed by atoms with Gasteiger partial charge in [0.05, 0.1) is 0 Å². The molecule has 0 aliphatic heterocycles. The van der Waals surface area contributed by atoms with Crippen LogP contribution in [-0.4, -0.2) is 27.2 Å². The zero-order chi connectivity index (χ0) is 10.5. The predicted molar refractivity (Wildman–Crippen MR) is 59.7 cm³/mol. The minimum Gasteiger partial charge on any atom is -0.373 e. The fourth-order valence-corrected chi connectivity index (χ4v) is 1.79. The number of rotatable bonds is 4. The van der Waals surface area contributed by atoms with Crippen molar-refractivity contribution in [2.45, 2.75) is 10.9 Å². The first-order chi connectivity index (χ1) is 7.38. The maximum absolute atomic E-state index is 4.23. The zero-order valence-corrected chi connectivity index (χ0v) is 9.08. The second kappa shape index (κ2) is 4.79. The van der Waals surface area contributed by atoms with Gasteiger partial charge in [-0.15, -0.1) is 0 Å². The fourth-order valence-electron chi connectivity index (χ4n) is 1.07. The van der Waals surface area contributed by atoms with Gasteiger partial charge < -0.3 is 5.32 Å². The first-order valence-corrected chi connectivity index (χ1v) is 5.48. The highest BCUT2D eigenvalue weighted by molar-refractivity contribution is 7.98. The summed E-state index contributed by atoms with van der Waals surface area (Å²) in [5.41, 5.74) is 1.16. The SMILES string of the molecule is CNc1ccc(CSc2ncn[nH]2)cn1. The van der Waals surface area contributed by atoms with Gasteiger partial charge in [0.25, 0.3) is 0 Å². The largest absolute Gasteiger partial charge is 0.373 e. The summed E-state index contributed by atoms with van der Waals surface area (Å²) in [4.78, 5) is 8.26. The normalized spacial score (nSPS) is 10.2. The minimum absolute atomic E-state index is 0.827. The van der Waals surface area contributed by atoms with Gasteiger partial charge >= 0.3 is 0 Å². The lowest BCUT2D eigenvalue weighted by Gasteiger charge is -2.01. The molecule has 0 amide bonds. The number of hydrogen-bond acceptors (Lipinski definition) is 5. The van der Waals surface area contributed by atoms with Crippen LogP contribution in [0.15, 0.2) is 29.8 Å². The molecule has 6 heteroatoms. The molecule has 78 valence electrons. The lowest BCUT2D eigenvalue weighted by Crippen LogP contribution is -1.92. The zero-order valence-electron chi connectivity index (χ0n) is 8.27. The third-order valence-electron chi connectivity index (χ3n) is 1.85. The van der Waals surface area contributed by atoms with Crippen LogP contribution in [0.25, 0.3) is 0 Å². The molecular formula is C9H11N5S. The van der Waals surface area contributed by atoms with Crippen molar-refractivity contribution < 1.29 is 0 Å². The van der Waals surface area contributed by atoms with E-state index in [-0.39, 0.29) is 0 Å². The molecular weight excluding hydrogens is 210 g/mol. The molecule has 2 aromatic rings. The standard InChI is InChI=1S/C9H11N5S/c1-10-8-3-2-7(4-11-8)5-15-9-12-6-13-14-9/h2-4,6H,5H2,1H3,(H,10,11)(H,12,13,14). The van der Waals surface area contributed by atoms with Gasteiger partial charge in [0.15, 0.2) is 5.16 Å². The van der Waals surface area contributed by atoms with Crippen molar-refractivity contribution in [1.29, 1.82) is 0 Å².